The summed E-state index contributed by atoms with van der Waals surface area (Å²) >= 11 is 6.00. The van der Waals surface area contributed by atoms with Crippen LogP contribution >= 0.6 is 11.6 Å². The number of esters is 2. The highest BCUT2D eigenvalue weighted by Gasteiger charge is 2.82. The van der Waals surface area contributed by atoms with Crippen molar-refractivity contribution in [2.45, 2.75) is 128 Å². The summed E-state index contributed by atoms with van der Waals surface area (Å²) in [6.07, 6.45) is 0.298. The van der Waals surface area contributed by atoms with Crippen molar-refractivity contribution in [3.8, 4) is 5.75 Å². The predicted octanol–water partition coefficient (Wildman–Crippen LogP) is 7.00. The fourth-order valence-electron chi connectivity index (χ4n) is 8.29. The molecular formula is C37H53ClO9Si. The van der Waals surface area contributed by atoms with Crippen molar-refractivity contribution < 1.29 is 42.9 Å². The molecule has 2 aliphatic carbocycles. The fourth-order valence-corrected chi connectivity index (χ4v) is 9.84. The summed E-state index contributed by atoms with van der Waals surface area (Å²) in [5.41, 5.74) is -7.42. The lowest BCUT2D eigenvalue weighted by atomic mass is 9.39. The maximum atomic E-state index is 14.7. The SMILES string of the molecule is C=CC(=O)O[C@H]1[C@H]2C(C)(C)CC[C@H](O[Si](C)(C)C(C)(C)C)[C@]2(C)[C@@]2(O)C(=O)C[C@](C)(C=C)O[C@]2(C)[C@H]1OC(=O)COc1ccc(Cl)cc1. The van der Waals surface area contributed by atoms with Crippen LogP contribution in [0.5, 0.6) is 5.75 Å². The molecule has 0 radical (unpaired) electrons. The van der Waals surface area contributed by atoms with Gasteiger partial charge in [0.2, 0.25) is 0 Å². The second-order valence-corrected chi connectivity index (χ2v) is 21.6. The maximum absolute atomic E-state index is 14.7. The molecular weight excluding hydrogens is 652 g/mol. The number of ether oxygens (including phenoxy) is 4. The number of hydrogen-bond acceptors (Lipinski definition) is 9. The maximum Gasteiger partial charge on any atom is 0.344 e. The molecule has 3 aliphatic rings. The summed E-state index contributed by atoms with van der Waals surface area (Å²) in [5.74, 6) is -2.39. The quantitative estimate of drug-likeness (QED) is 0.126. The van der Waals surface area contributed by atoms with Crippen LogP contribution in [0.25, 0.3) is 0 Å². The minimum Gasteiger partial charge on any atom is -0.482 e. The standard InChI is InChI=1S/C37H53ClO9Si/c1-13-27(40)44-29-30-33(6,7)20-19-26(46-48(11,12)32(3,4)5)35(30,9)37(42)25(39)21-34(8,14-2)47-36(37,10)31(29)45-28(41)22-43-24-17-15-23(38)16-18-24/h13-18,26,29-31,42H,1-2,19-22H2,3-12H3/t26-,29-,30-,31-,34-,35-,36+,37-/m0/s1. The summed E-state index contributed by atoms with van der Waals surface area (Å²) in [4.78, 5) is 41.5. The van der Waals surface area contributed by atoms with E-state index in [1.165, 1.54) is 6.08 Å². The number of benzene rings is 1. The number of carbonyl (C=O) groups excluding carboxylic acids is 3. The van der Waals surface area contributed by atoms with Crippen LogP contribution in [0.15, 0.2) is 49.6 Å². The number of aliphatic hydroxyl groups is 1. The van der Waals surface area contributed by atoms with Crippen LogP contribution in [0.4, 0.5) is 0 Å². The summed E-state index contributed by atoms with van der Waals surface area (Å²) in [6.45, 7) is 26.8. The van der Waals surface area contributed by atoms with E-state index in [2.05, 4.69) is 47.0 Å². The molecule has 266 valence electrons. The highest BCUT2D eigenvalue weighted by Crippen LogP contribution is 2.68. The normalized spacial score (nSPS) is 36.2. The van der Waals surface area contributed by atoms with Gasteiger partial charge in [-0.25, -0.2) is 9.59 Å². The molecule has 9 nitrogen and oxygen atoms in total. The predicted molar refractivity (Wildman–Crippen MR) is 186 cm³/mol. The fraction of sp³-hybridized carbons (Fsp3) is 0.649. The molecule has 1 N–H and O–H groups in total. The average molecular weight is 705 g/mol. The lowest BCUT2D eigenvalue weighted by Gasteiger charge is -2.72. The van der Waals surface area contributed by atoms with Gasteiger partial charge in [0.25, 0.3) is 0 Å². The number of Topliss-reactive ketones (excluding diaryl/α,β-unsaturated/α-hetero) is 1. The van der Waals surface area contributed by atoms with Crippen LogP contribution in [0, 0.1) is 16.7 Å². The Bertz CT molecular complexity index is 1450. The van der Waals surface area contributed by atoms with Gasteiger partial charge in [0, 0.05) is 28.9 Å². The zero-order valence-corrected chi connectivity index (χ0v) is 31.9. The highest BCUT2D eigenvalue weighted by atomic mass is 35.5. The van der Waals surface area contributed by atoms with E-state index in [1.54, 1.807) is 38.1 Å². The number of ketones is 1. The average Bonchev–Trinajstić information content (AvgIpc) is 2.97. The molecule has 1 aromatic rings. The molecule has 11 heteroatoms. The molecule has 48 heavy (non-hydrogen) atoms. The Kier molecular flexibility index (Phi) is 10.1. The minimum absolute atomic E-state index is 0.171. The Morgan fingerprint density at radius 1 is 1.08 bits per heavy atom. The topological polar surface area (TPSA) is 118 Å². The summed E-state index contributed by atoms with van der Waals surface area (Å²) in [5, 5.41) is 13.7. The third kappa shape index (κ3) is 6.21. The Morgan fingerprint density at radius 2 is 1.69 bits per heavy atom. The lowest BCUT2D eigenvalue weighted by molar-refractivity contribution is -0.369. The van der Waals surface area contributed by atoms with Crippen molar-refractivity contribution in [3.63, 3.8) is 0 Å². The van der Waals surface area contributed by atoms with Gasteiger partial charge in [0.05, 0.1) is 11.7 Å². The van der Waals surface area contributed by atoms with Crippen molar-refractivity contribution in [1.82, 2.24) is 0 Å². The van der Waals surface area contributed by atoms with Gasteiger partial charge in [-0.3, -0.25) is 4.79 Å². The molecule has 4 rings (SSSR count). The Hall–Kier alpha value is -2.50. The van der Waals surface area contributed by atoms with E-state index in [1.807, 2.05) is 20.8 Å². The third-order valence-electron chi connectivity index (χ3n) is 11.8. The Morgan fingerprint density at radius 3 is 2.23 bits per heavy atom. The molecule has 0 amide bonds. The smallest absolute Gasteiger partial charge is 0.344 e. The molecule has 2 saturated carbocycles. The van der Waals surface area contributed by atoms with E-state index >= 15 is 0 Å². The van der Waals surface area contributed by atoms with E-state index in [-0.39, 0.29) is 11.5 Å². The van der Waals surface area contributed by atoms with E-state index in [0.717, 1.165) is 6.08 Å². The van der Waals surface area contributed by atoms with Crippen molar-refractivity contribution in [1.29, 1.82) is 0 Å². The summed E-state index contributed by atoms with van der Waals surface area (Å²) in [7, 11) is -2.50. The van der Waals surface area contributed by atoms with Crippen molar-refractivity contribution in [2.24, 2.45) is 16.7 Å². The first-order valence-electron chi connectivity index (χ1n) is 16.6. The molecule has 0 bridgehead atoms. The van der Waals surface area contributed by atoms with Crippen LogP contribution < -0.4 is 4.74 Å². The van der Waals surface area contributed by atoms with Crippen molar-refractivity contribution >= 4 is 37.6 Å². The van der Waals surface area contributed by atoms with Crippen LogP contribution in [0.1, 0.15) is 74.7 Å². The van der Waals surface area contributed by atoms with Gasteiger partial charge in [-0.05, 0) is 74.5 Å². The monoisotopic (exact) mass is 704 g/mol. The summed E-state index contributed by atoms with van der Waals surface area (Å²) in [6, 6.07) is 6.48. The van der Waals surface area contributed by atoms with Gasteiger partial charge < -0.3 is 28.5 Å². The van der Waals surface area contributed by atoms with Gasteiger partial charge in [-0.1, -0.05) is 65.8 Å². The number of rotatable bonds is 9. The van der Waals surface area contributed by atoms with E-state index in [9.17, 15) is 19.5 Å². The van der Waals surface area contributed by atoms with Crippen LogP contribution in [0.3, 0.4) is 0 Å². The first kappa shape index (κ1) is 38.3. The minimum atomic E-state index is -2.50. The molecule has 3 fully saturated rings. The number of carbonyl (C=O) groups is 3. The van der Waals surface area contributed by atoms with Gasteiger partial charge in [-0.15, -0.1) is 6.58 Å². The van der Waals surface area contributed by atoms with E-state index in [0.29, 0.717) is 23.6 Å². The van der Waals surface area contributed by atoms with Gasteiger partial charge in [0.15, 0.2) is 32.4 Å². The lowest BCUT2D eigenvalue weighted by Crippen LogP contribution is -2.87. The van der Waals surface area contributed by atoms with Gasteiger partial charge in [-0.2, -0.15) is 0 Å². The summed E-state index contributed by atoms with van der Waals surface area (Å²) < 4.78 is 32.0. The molecule has 1 aromatic carbocycles. The Labute approximate surface area is 291 Å². The second-order valence-electron chi connectivity index (χ2n) is 16.4. The molecule has 1 aliphatic heterocycles. The molecule has 0 aromatic heterocycles. The van der Waals surface area contributed by atoms with E-state index in [4.69, 9.17) is 35.0 Å². The van der Waals surface area contributed by atoms with Crippen molar-refractivity contribution in [3.05, 3.63) is 54.6 Å². The first-order chi connectivity index (χ1) is 21.9. The number of halogens is 1. The first-order valence-corrected chi connectivity index (χ1v) is 19.9. The van der Waals surface area contributed by atoms with Crippen LogP contribution in [-0.4, -0.2) is 72.9 Å². The molecule has 1 saturated heterocycles. The molecule has 1 heterocycles. The third-order valence-corrected chi connectivity index (χ3v) is 16.5. The van der Waals surface area contributed by atoms with Gasteiger partial charge >= 0.3 is 11.9 Å². The van der Waals surface area contributed by atoms with Crippen molar-refractivity contribution in [2.75, 3.05) is 6.61 Å². The largest absolute Gasteiger partial charge is 0.482 e. The van der Waals surface area contributed by atoms with Crippen LogP contribution in [0.2, 0.25) is 23.2 Å². The van der Waals surface area contributed by atoms with Crippen LogP contribution in [-0.2, 0) is 33.0 Å². The Balaban J connectivity index is 1.94. The zero-order valence-electron chi connectivity index (χ0n) is 30.1. The molecule has 0 unspecified atom stereocenters. The second kappa shape index (κ2) is 12.7. The highest BCUT2D eigenvalue weighted by molar-refractivity contribution is 6.74. The molecule has 0 spiro atoms. The zero-order chi connectivity index (χ0) is 36.3. The van der Waals surface area contributed by atoms with Gasteiger partial charge in [0.1, 0.15) is 17.5 Å². The number of fused-ring (bicyclic) bond motifs is 3. The number of hydrogen-bond donors (Lipinski definition) is 1. The molecule has 8 atom stereocenters. The van der Waals surface area contributed by atoms with E-state index < -0.39 is 84.5 Å².